The number of ether oxygens (including phenoxy) is 2. The van der Waals surface area contributed by atoms with Gasteiger partial charge in [0.2, 0.25) is 5.91 Å². The molecule has 0 spiro atoms. The van der Waals surface area contributed by atoms with E-state index in [4.69, 9.17) is 15.2 Å². The molecule has 1 rings (SSSR count). The van der Waals surface area contributed by atoms with Gasteiger partial charge in [-0.15, -0.1) is 0 Å². The minimum absolute atomic E-state index is 0.454. The summed E-state index contributed by atoms with van der Waals surface area (Å²) >= 11 is 0. The average Bonchev–Trinajstić information content (AvgIpc) is 2.31. The lowest BCUT2D eigenvalue weighted by Crippen LogP contribution is -2.54. The molecule has 2 atom stereocenters. The summed E-state index contributed by atoms with van der Waals surface area (Å²) in [6, 6.07) is -0.810. The Morgan fingerprint density at radius 3 is 2.22 bits per heavy atom. The minimum Gasteiger partial charge on any atom is -0.444 e. The van der Waals surface area contributed by atoms with Crippen LogP contribution in [-0.4, -0.2) is 40.4 Å². The number of carbonyl (C=O) groups is 2. The van der Waals surface area contributed by atoms with Crippen LogP contribution in [-0.2, 0) is 14.3 Å². The summed E-state index contributed by atoms with van der Waals surface area (Å²) in [5, 5.41) is 0. The fraction of sp³-hybridized carbons (Fsp3) is 0.833. The highest BCUT2D eigenvalue weighted by molar-refractivity contribution is 5.86. The van der Waals surface area contributed by atoms with Crippen molar-refractivity contribution < 1.29 is 19.1 Å². The van der Waals surface area contributed by atoms with Crippen LogP contribution in [0.1, 0.15) is 41.5 Å². The highest BCUT2D eigenvalue weighted by Crippen LogP contribution is 2.33. The topological polar surface area (TPSA) is 81.9 Å². The first kappa shape index (κ1) is 14.8. The van der Waals surface area contributed by atoms with Crippen molar-refractivity contribution in [3.63, 3.8) is 0 Å². The molecule has 1 saturated heterocycles. The molecule has 0 aromatic heterocycles. The van der Waals surface area contributed by atoms with Gasteiger partial charge in [-0.1, -0.05) is 0 Å². The second-order valence-corrected chi connectivity index (χ2v) is 5.97. The zero-order valence-electron chi connectivity index (χ0n) is 11.8. The van der Waals surface area contributed by atoms with Crippen LogP contribution in [0.4, 0.5) is 4.79 Å². The number of primary amides is 1. The van der Waals surface area contributed by atoms with Crippen molar-refractivity contribution in [3.05, 3.63) is 0 Å². The van der Waals surface area contributed by atoms with Crippen LogP contribution >= 0.6 is 0 Å². The zero-order valence-corrected chi connectivity index (χ0v) is 11.8. The minimum atomic E-state index is -0.915. The quantitative estimate of drug-likeness (QED) is 0.767. The van der Waals surface area contributed by atoms with Crippen molar-refractivity contribution in [3.8, 4) is 0 Å². The summed E-state index contributed by atoms with van der Waals surface area (Å²) < 4.78 is 10.9. The van der Waals surface area contributed by atoms with E-state index in [1.165, 1.54) is 4.90 Å². The highest BCUT2D eigenvalue weighted by atomic mass is 16.6. The molecule has 0 radical (unpaired) electrons. The summed E-state index contributed by atoms with van der Waals surface area (Å²) in [5.74, 6) is -0.598. The largest absolute Gasteiger partial charge is 0.444 e. The Labute approximate surface area is 107 Å². The molecule has 0 bridgehead atoms. The van der Waals surface area contributed by atoms with Gasteiger partial charge in [0.15, 0.2) is 0 Å². The summed E-state index contributed by atoms with van der Waals surface area (Å²) in [5.41, 5.74) is 3.78. The molecule has 6 nitrogen and oxygen atoms in total. The maximum absolute atomic E-state index is 12.2. The Balaban J connectivity index is 3.01. The van der Waals surface area contributed by atoms with Crippen LogP contribution in [0.3, 0.4) is 0 Å². The van der Waals surface area contributed by atoms with Crippen molar-refractivity contribution in [1.29, 1.82) is 0 Å². The standard InChI is InChI=1S/C12H22N2O4/c1-7-8(9(13)15)14(12(5,6)17-7)10(16)18-11(2,3)4/h7-8H,1-6H3,(H2,13,15)/t7-,8+/m1/s1. The number of carbonyl (C=O) groups excluding carboxylic acids is 2. The summed E-state index contributed by atoms with van der Waals surface area (Å²) in [4.78, 5) is 24.9. The van der Waals surface area contributed by atoms with Crippen molar-refractivity contribution in [2.24, 2.45) is 5.73 Å². The van der Waals surface area contributed by atoms with Crippen LogP contribution in [0.2, 0.25) is 0 Å². The summed E-state index contributed by atoms with van der Waals surface area (Å²) in [7, 11) is 0. The molecule has 0 aliphatic carbocycles. The number of nitrogens with zero attached hydrogens (tertiary/aromatic N) is 1. The van der Waals surface area contributed by atoms with Gasteiger partial charge < -0.3 is 15.2 Å². The van der Waals surface area contributed by atoms with Gasteiger partial charge in [-0.25, -0.2) is 4.79 Å². The predicted molar refractivity (Wildman–Crippen MR) is 65.7 cm³/mol. The Kier molecular flexibility index (Phi) is 3.63. The van der Waals surface area contributed by atoms with Crippen LogP contribution in [0.25, 0.3) is 0 Å². The lowest BCUT2D eigenvalue weighted by molar-refractivity contribution is -0.123. The molecule has 0 aromatic carbocycles. The van der Waals surface area contributed by atoms with E-state index in [1.54, 1.807) is 41.5 Å². The Bertz CT molecular complexity index is 360. The molecule has 18 heavy (non-hydrogen) atoms. The second kappa shape index (κ2) is 4.42. The van der Waals surface area contributed by atoms with Gasteiger partial charge in [-0.05, 0) is 41.5 Å². The van der Waals surface area contributed by atoms with Crippen molar-refractivity contribution >= 4 is 12.0 Å². The van der Waals surface area contributed by atoms with E-state index < -0.39 is 35.5 Å². The van der Waals surface area contributed by atoms with Crippen LogP contribution in [0.15, 0.2) is 0 Å². The first-order chi connectivity index (χ1) is 7.96. The molecule has 1 aliphatic rings. The molecule has 0 aromatic rings. The number of rotatable bonds is 1. The molecule has 0 unspecified atom stereocenters. The summed E-state index contributed by atoms with van der Waals surface area (Å²) in [6.07, 6.45) is -1.05. The maximum Gasteiger partial charge on any atom is 0.413 e. The highest BCUT2D eigenvalue weighted by Gasteiger charge is 2.52. The number of nitrogens with two attached hydrogens (primary N) is 1. The van der Waals surface area contributed by atoms with E-state index in [0.717, 1.165) is 0 Å². The van der Waals surface area contributed by atoms with Gasteiger partial charge >= 0.3 is 6.09 Å². The number of amides is 2. The first-order valence-corrected chi connectivity index (χ1v) is 5.95. The van der Waals surface area contributed by atoms with Crippen LogP contribution in [0.5, 0.6) is 0 Å². The van der Waals surface area contributed by atoms with Gasteiger partial charge in [0.25, 0.3) is 0 Å². The monoisotopic (exact) mass is 258 g/mol. The molecule has 2 amide bonds. The molecule has 1 heterocycles. The van der Waals surface area contributed by atoms with Gasteiger partial charge in [-0.3, -0.25) is 9.69 Å². The molecular weight excluding hydrogens is 236 g/mol. The van der Waals surface area contributed by atoms with E-state index in [2.05, 4.69) is 0 Å². The van der Waals surface area contributed by atoms with E-state index in [-0.39, 0.29) is 0 Å². The van der Waals surface area contributed by atoms with Crippen LogP contribution < -0.4 is 5.73 Å². The SMILES string of the molecule is C[C@H]1OC(C)(C)N(C(=O)OC(C)(C)C)[C@@H]1C(N)=O. The predicted octanol–water partition coefficient (Wildman–Crippen LogP) is 1.23. The second-order valence-electron chi connectivity index (χ2n) is 5.97. The third-order valence-electron chi connectivity index (χ3n) is 2.66. The number of hydrogen-bond donors (Lipinski definition) is 1. The third kappa shape index (κ3) is 2.93. The fourth-order valence-corrected chi connectivity index (χ4v) is 2.12. The lowest BCUT2D eigenvalue weighted by atomic mass is 10.1. The summed E-state index contributed by atoms with van der Waals surface area (Å²) in [6.45, 7) is 10.4. The molecule has 1 fully saturated rings. The molecule has 1 aliphatic heterocycles. The Hall–Kier alpha value is -1.30. The van der Waals surface area contributed by atoms with E-state index in [9.17, 15) is 9.59 Å². The van der Waals surface area contributed by atoms with E-state index in [1.807, 2.05) is 0 Å². The maximum atomic E-state index is 12.2. The van der Waals surface area contributed by atoms with Crippen LogP contribution in [0, 0.1) is 0 Å². The number of hydrogen-bond acceptors (Lipinski definition) is 4. The van der Waals surface area contributed by atoms with Crippen molar-refractivity contribution in [2.75, 3.05) is 0 Å². The van der Waals surface area contributed by atoms with Crippen molar-refractivity contribution in [1.82, 2.24) is 4.90 Å². The third-order valence-corrected chi connectivity index (χ3v) is 2.66. The Morgan fingerprint density at radius 1 is 1.33 bits per heavy atom. The van der Waals surface area contributed by atoms with Gasteiger partial charge in [0.05, 0.1) is 6.10 Å². The molecule has 6 heteroatoms. The average molecular weight is 258 g/mol. The first-order valence-electron chi connectivity index (χ1n) is 5.95. The molecular formula is C12H22N2O4. The van der Waals surface area contributed by atoms with Gasteiger partial charge in [0, 0.05) is 0 Å². The Morgan fingerprint density at radius 2 is 1.83 bits per heavy atom. The smallest absolute Gasteiger partial charge is 0.413 e. The molecule has 104 valence electrons. The normalized spacial score (nSPS) is 27.1. The van der Waals surface area contributed by atoms with E-state index in [0.29, 0.717) is 0 Å². The fourth-order valence-electron chi connectivity index (χ4n) is 2.12. The zero-order chi connectivity index (χ0) is 14.3. The van der Waals surface area contributed by atoms with Gasteiger partial charge in [-0.2, -0.15) is 0 Å². The lowest BCUT2D eigenvalue weighted by Gasteiger charge is -2.34. The van der Waals surface area contributed by atoms with E-state index >= 15 is 0 Å². The molecule has 0 saturated carbocycles. The van der Waals surface area contributed by atoms with Crippen molar-refractivity contribution in [2.45, 2.75) is 65.0 Å². The molecule has 2 N–H and O–H groups in total. The van der Waals surface area contributed by atoms with Gasteiger partial charge in [0.1, 0.15) is 17.4 Å².